The van der Waals surface area contributed by atoms with Crippen molar-refractivity contribution in [1.82, 2.24) is 4.98 Å². The van der Waals surface area contributed by atoms with Crippen LogP contribution in [0.1, 0.15) is 0 Å². The van der Waals surface area contributed by atoms with E-state index in [-0.39, 0.29) is 5.88 Å². The van der Waals surface area contributed by atoms with Crippen LogP contribution in [0.2, 0.25) is 5.02 Å². The molecule has 0 N–H and O–H groups in total. The van der Waals surface area contributed by atoms with Gasteiger partial charge in [-0.25, -0.2) is 9.37 Å². The van der Waals surface area contributed by atoms with Crippen molar-refractivity contribution < 1.29 is 9.13 Å². The first-order chi connectivity index (χ1) is 7.65. The van der Waals surface area contributed by atoms with E-state index in [2.05, 4.69) is 20.9 Å². The van der Waals surface area contributed by atoms with Gasteiger partial charge in [-0.3, -0.25) is 0 Å². The van der Waals surface area contributed by atoms with Gasteiger partial charge in [0.25, 0.3) is 0 Å². The van der Waals surface area contributed by atoms with E-state index >= 15 is 0 Å². The number of aromatic nitrogens is 1. The molecule has 0 fully saturated rings. The average molecular weight is 303 g/mol. The molecule has 1 aromatic carbocycles. The maximum atomic E-state index is 13.1. The molecule has 1 heterocycles. The van der Waals surface area contributed by atoms with Gasteiger partial charge in [0, 0.05) is 16.7 Å². The number of pyridine rings is 1. The van der Waals surface area contributed by atoms with E-state index in [4.69, 9.17) is 16.3 Å². The van der Waals surface area contributed by atoms with Crippen molar-refractivity contribution in [2.45, 2.75) is 0 Å². The monoisotopic (exact) mass is 301 g/mol. The molecule has 0 saturated carbocycles. The number of ether oxygens (including phenoxy) is 1. The van der Waals surface area contributed by atoms with Gasteiger partial charge in [-0.2, -0.15) is 0 Å². The lowest BCUT2D eigenvalue weighted by Gasteiger charge is -2.06. The lowest BCUT2D eigenvalue weighted by molar-refractivity contribution is 0.458. The van der Waals surface area contributed by atoms with Gasteiger partial charge in [0.05, 0.1) is 0 Å². The second-order valence-corrected chi connectivity index (χ2v) is 4.32. The first kappa shape index (κ1) is 11.4. The Bertz CT molecular complexity index is 501. The molecule has 0 aliphatic carbocycles. The molecule has 0 unspecified atom stereocenters. The summed E-state index contributed by atoms with van der Waals surface area (Å²) in [4.78, 5) is 3.94. The van der Waals surface area contributed by atoms with Crippen molar-refractivity contribution in [3.05, 3.63) is 51.8 Å². The first-order valence-corrected chi connectivity index (χ1v) is 5.57. The number of hydrogen-bond donors (Lipinski definition) is 0. The molecule has 0 aliphatic heterocycles. The van der Waals surface area contributed by atoms with Crippen LogP contribution < -0.4 is 4.74 Å². The van der Waals surface area contributed by atoms with Crippen LogP contribution in [0.3, 0.4) is 0 Å². The highest BCUT2D eigenvalue weighted by molar-refractivity contribution is 9.10. The zero-order valence-electron chi connectivity index (χ0n) is 7.95. The Kier molecular flexibility index (Phi) is 3.41. The molecule has 2 nitrogen and oxygen atoms in total. The molecule has 1 aromatic heterocycles. The van der Waals surface area contributed by atoms with Gasteiger partial charge in [-0.05, 0) is 24.3 Å². The molecule has 2 rings (SSSR count). The van der Waals surface area contributed by atoms with Crippen LogP contribution in [0.15, 0.2) is 41.0 Å². The average Bonchev–Trinajstić information content (AvgIpc) is 2.20. The van der Waals surface area contributed by atoms with E-state index in [1.165, 1.54) is 12.1 Å². The second kappa shape index (κ2) is 4.80. The third-order valence-corrected chi connectivity index (χ3v) is 2.52. The van der Waals surface area contributed by atoms with E-state index in [1.807, 2.05) is 0 Å². The Morgan fingerprint density at radius 2 is 2.12 bits per heavy atom. The van der Waals surface area contributed by atoms with Crippen LogP contribution in [-0.4, -0.2) is 4.98 Å². The molecule has 2 aromatic rings. The third kappa shape index (κ3) is 2.71. The predicted molar refractivity (Wildman–Crippen MR) is 63.4 cm³/mol. The standard InChI is InChI=1S/C11H6BrClFNO/c12-7-4-8(14)6-9(5-7)16-11-10(13)2-1-3-15-11/h1-6H. The smallest absolute Gasteiger partial charge is 0.238 e. The summed E-state index contributed by atoms with van der Waals surface area (Å²) in [5.41, 5.74) is 0. The minimum absolute atomic E-state index is 0.252. The number of rotatable bonds is 2. The van der Waals surface area contributed by atoms with Gasteiger partial charge < -0.3 is 4.74 Å². The quantitative estimate of drug-likeness (QED) is 0.819. The number of hydrogen-bond acceptors (Lipinski definition) is 2. The van der Waals surface area contributed by atoms with Crippen molar-refractivity contribution in [3.8, 4) is 11.6 Å². The zero-order valence-corrected chi connectivity index (χ0v) is 10.3. The number of halogens is 3. The topological polar surface area (TPSA) is 22.1 Å². The highest BCUT2D eigenvalue weighted by atomic mass is 79.9. The van der Waals surface area contributed by atoms with Gasteiger partial charge in [0.1, 0.15) is 16.6 Å². The SMILES string of the molecule is Fc1cc(Br)cc(Oc2ncccc2Cl)c1. The molecule has 0 spiro atoms. The minimum atomic E-state index is -0.392. The summed E-state index contributed by atoms with van der Waals surface area (Å²) in [5, 5.41) is 0.378. The minimum Gasteiger partial charge on any atom is -0.437 e. The normalized spacial score (nSPS) is 10.2. The van der Waals surface area contributed by atoms with Gasteiger partial charge >= 0.3 is 0 Å². The van der Waals surface area contributed by atoms with Crippen LogP contribution in [0, 0.1) is 5.82 Å². The first-order valence-electron chi connectivity index (χ1n) is 4.39. The van der Waals surface area contributed by atoms with E-state index in [0.717, 1.165) is 0 Å². The zero-order chi connectivity index (χ0) is 11.5. The molecule has 0 saturated heterocycles. The van der Waals surface area contributed by atoms with Crippen LogP contribution in [-0.2, 0) is 0 Å². The van der Waals surface area contributed by atoms with Crippen molar-refractivity contribution >= 4 is 27.5 Å². The molecule has 0 atom stereocenters. The van der Waals surface area contributed by atoms with Gasteiger partial charge in [-0.15, -0.1) is 0 Å². The number of nitrogens with zero attached hydrogens (tertiary/aromatic N) is 1. The van der Waals surface area contributed by atoms with Crippen LogP contribution in [0.5, 0.6) is 11.6 Å². The Balaban J connectivity index is 2.30. The Hall–Kier alpha value is -1.13. The summed E-state index contributed by atoms with van der Waals surface area (Å²) in [7, 11) is 0. The van der Waals surface area contributed by atoms with E-state index in [1.54, 1.807) is 24.4 Å². The van der Waals surface area contributed by atoms with Crippen LogP contribution in [0.25, 0.3) is 0 Å². The summed E-state index contributed by atoms with van der Waals surface area (Å²) in [6, 6.07) is 7.58. The molecular weight excluding hydrogens is 296 g/mol. The number of benzene rings is 1. The van der Waals surface area contributed by atoms with Crippen molar-refractivity contribution in [2.24, 2.45) is 0 Å². The molecule has 82 valence electrons. The van der Waals surface area contributed by atoms with Crippen LogP contribution in [0.4, 0.5) is 4.39 Å². The maximum Gasteiger partial charge on any atom is 0.238 e. The van der Waals surface area contributed by atoms with Crippen LogP contribution >= 0.6 is 27.5 Å². The summed E-state index contributed by atoms with van der Waals surface area (Å²) in [6.45, 7) is 0. The van der Waals surface area contributed by atoms with Crippen molar-refractivity contribution in [1.29, 1.82) is 0 Å². The summed E-state index contributed by atoms with van der Waals surface area (Å²) >= 11 is 9.03. The predicted octanol–water partition coefficient (Wildman–Crippen LogP) is 4.43. The maximum absolute atomic E-state index is 13.1. The fourth-order valence-corrected chi connectivity index (χ4v) is 1.75. The summed E-state index contributed by atoms with van der Waals surface area (Å²) in [6.07, 6.45) is 1.55. The fourth-order valence-electron chi connectivity index (χ4n) is 1.15. The molecule has 0 amide bonds. The highest BCUT2D eigenvalue weighted by Crippen LogP contribution is 2.28. The van der Waals surface area contributed by atoms with Crippen molar-refractivity contribution in [2.75, 3.05) is 0 Å². The Morgan fingerprint density at radius 1 is 1.31 bits per heavy atom. The molecule has 16 heavy (non-hydrogen) atoms. The molecular formula is C11H6BrClFNO. The Morgan fingerprint density at radius 3 is 2.81 bits per heavy atom. The second-order valence-electron chi connectivity index (χ2n) is 3.00. The third-order valence-electron chi connectivity index (χ3n) is 1.78. The lowest BCUT2D eigenvalue weighted by atomic mass is 10.3. The van der Waals surface area contributed by atoms with Gasteiger partial charge in [-0.1, -0.05) is 27.5 Å². The summed E-state index contributed by atoms with van der Waals surface area (Å²) in [5.74, 6) is 0.200. The molecule has 5 heteroatoms. The largest absolute Gasteiger partial charge is 0.437 e. The van der Waals surface area contributed by atoms with E-state index in [9.17, 15) is 4.39 Å². The van der Waals surface area contributed by atoms with Gasteiger partial charge in [0.15, 0.2) is 0 Å². The molecule has 0 aliphatic rings. The molecule has 0 bridgehead atoms. The highest BCUT2D eigenvalue weighted by Gasteiger charge is 2.05. The fraction of sp³-hybridized carbons (Fsp3) is 0. The van der Waals surface area contributed by atoms with Crippen molar-refractivity contribution in [3.63, 3.8) is 0 Å². The summed E-state index contributed by atoms with van der Waals surface area (Å²) < 4.78 is 19.0. The lowest BCUT2D eigenvalue weighted by Crippen LogP contribution is -1.89. The van der Waals surface area contributed by atoms with E-state index < -0.39 is 5.82 Å². The molecule has 0 radical (unpaired) electrons. The van der Waals surface area contributed by atoms with E-state index in [0.29, 0.717) is 15.2 Å². The Labute approximate surface area is 105 Å². The van der Waals surface area contributed by atoms with Gasteiger partial charge in [0.2, 0.25) is 5.88 Å².